The minimum atomic E-state index is -4.63. The molecule has 1 saturated carbocycles. The van der Waals surface area contributed by atoms with Gasteiger partial charge in [-0.15, -0.1) is 0 Å². The van der Waals surface area contributed by atoms with E-state index < -0.39 is 17.7 Å². The average molecular weight is 472 g/mol. The first kappa shape index (κ1) is 22.1. The highest BCUT2D eigenvalue weighted by Crippen LogP contribution is 2.34. The Balaban J connectivity index is 1.34. The van der Waals surface area contributed by atoms with Crippen molar-refractivity contribution in [1.29, 1.82) is 0 Å². The van der Waals surface area contributed by atoms with Gasteiger partial charge >= 0.3 is 6.18 Å². The number of nitrogens with one attached hydrogen (secondary N) is 2. The number of alkyl halides is 3. The summed E-state index contributed by atoms with van der Waals surface area (Å²) in [5.41, 5.74) is 0.239. The second kappa shape index (κ2) is 8.54. The van der Waals surface area contributed by atoms with Crippen molar-refractivity contribution in [3.63, 3.8) is 0 Å². The van der Waals surface area contributed by atoms with E-state index >= 15 is 0 Å². The fraction of sp³-hybridized carbons (Fsp3) is 0.304. The maximum absolute atomic E-state index is 13.8. The number of fused-ring (bicyclic) bond motifs is 2. The van der Waals surface area contributed by atoms with Crippen LogP contribution in [0.5, 0.6) is 0 Å². The summed E-state index contributed by atoms with van der Waals surface area (Å²) < 4.78 is 55.5. The Morgan fingerprint density at radius 2 is 1.91 bits per heavy atom. The van der Waals surface area contributed by atoms with Gasteiger partial charge in [-0.2, -0.15) is 18.3 Å². The standard InChI is InChI=1S/C23H20F4N6O/c24-14-5-6-18-17(8-14)19(10-20(32-18)23(25,26)27)30-15-2-1-3-16(9-15)31-22(34)13-4-7-21-28-12-29-33(21)11-13/h4-8,10-12,15-16H,1-3,9H2,(H,30,32)(H,31,34)/t15-,16+/m0/s1. The van der Waals surface area contributed by atoms with E-state index in [-0.39, 0.29) is 34.6 Å². The van der Waals surface area contributed by atoms with Crippen molar-refractivity contribution in [3.05, 3.63) is 66.0 Å². The molecule has 0 unspecified atom stereocenters. The van der Waals surface area contributed by atoms with Gasteiger partial charge in [0.05, 0.1) is 11.1 Å². The molecule has 1 aromatic carbocycles. The van der Waals surface area contributed by atoms with Gasteiger partial charge in [0.2, 0.25) is 0 Å². The third-order valence-corrected chi connectivity index (χ3v) is 5.97. The molecule has 0 saturated heterocycles. The number of hydrogen-bond donors (Lipinski definition) is 2. The van der Waals surface area contributed by atoms with Crippen LogP contribution in [0.4, 0.5) is 23.2 Å². The lowest BCUT2D eigenvalue weighted by atomic mass is 9.90. The largest absolute Gasteiger partial charge is 0.433 e. The van der Waals surface area contributed by atoms with Crippen molar-refractivity contribution in [2.24, 2.45) is 0 Å². The number of pyridine rings is 2. The SMILES string of the molecule is O=C(N[C@@H]1CCC[C@H](Nc2cc(C(F)(F)F)nc3ccc(F)cc23)C1)c1ccc2ncnn2c1. The molecule has 1 fully saturated rings. The zero-order chi connectivity index (χ0) is 23.9. The molecular weight excluding hydrogens is 452 g/mol. The number of hydrogen-bond acceptors (Lipinski definition) is 5. The molecule has 2 atom stereocenters. The van der Waals surface area contributed by atoms with Gasteiger partial charge in [-0.25, -0.2) is 18.9 Å². The molecule has 176 valence electrons. The lowest BCUT2D eigenvalue weighted by Crippen LogP contribution is -2.41. The fourth-order valence-corrected chi connectivity index (χ4v) is 4.35. The Labute approximate surface area is 191 Å². The highest BCUT2D eigenvalue weighted by atomic mass is 19.4. The van der Waals surface area contributed by atoms with Crippen molar-refractivity contribution in [2.45, 2.75) is 43.9 Å². The van der Waals surface area contributed by atoms with E-state index in [9.17, 15) is 22.4 Å². The van der Waals surface area contributed by atoms with Crippen LogP contribution in [0.15, 0.2) is 48.9 Å². The molecule has 3 aromatic heterocycles. The van der Waals surface area contributed by atoms with Crippen LogP contribution in [-0.4, -0.2) is 37.6 Å². The molecule has 0 aliphatic heterocycles. The molecule has 34 heavy (non-hydrogen) atoms. The number of aromatic nitrogens is 4. The normalized spacial score (nSPS) is 18.8. The van der Waals surface area contributed by atoms with Gasteiger partial charge in [0.15, 0.2) is 5.65 Å². The maximum Gasteiger partial charge on any atom is 0.433 e. The van der Waals surface area contributed by atoms with E-state index in [2.05, 4.69) is 25.7 Å². The van der Waals surface area contributed by atoms with Crippen molar-refractivity contribution in [1.82, 2.24) is 24.9 Å². The summed E-state index contributed by atoms with van der Waals surface area (Å²) in [6.45, 7) is 0. The minimum absolute atomic E-state index is 0.0582. The first-order valence-corrected chi connectivity index (χ1v) is 10.8. The molecular formula is C23H20F4N6O. The molecule has 1 aliphatic carbocycles. The van der Waals surface area contributed by atoms with Gasteiger partial charge in [0.25, 0.3) is 5.91 Å². The van der Waals surface area contributed by atoms with Gasteiger partial charge < -0.3 is 10.6 Å². The van der Waals surface area contributed by atoms with Crippen molar-refractivity contribution in [2.75, 3.05) is 5.32 Å². The van der Waals surface area contributed by atoms with Crippen LogP contribution in [0.25, 0.3) is 16.6 Å². The number of nitrogens with zero attached hydrogens (tertiary/aromatic N) is 4. The summed E-state index contributed by atoms with van der Waals surface area (Å²) in [6.07, 6.45) is 1.09. The monoisotopic (exact) mass is 472 g/mol. The molecule has 0 spiro atoms. The highest BCUT2D eigenvalue weighted by molar-refractivity contribution is 5.94. The number of rotatable bonds is 4. The van der Waals surface area contributed by atoms with Crippen molar-refractivity contribution in [3.8, 4) is 0 Å². The third kappa shape index (κ3) is 4.50. The number of carbonyl (C=O) groups excluding carboxylic acids is 1. The molecule has 11 heteroatoms. The van der Waals surface area contributed by atoms with Crippen LogP contribution in [0.3, 0.4) is 0 Å². The molecule has 4 aromatic rings. The lowest BCUT2D eigenvalue weighted by molar-refractivity contribution is -0.140. The van der Waals surface area contributed by atoms with Crippen LogP contribution in [0, 0.1) is 5.82 Å². The van der Waals surface area contributed by atoms with E-state index in [4.69, 9.17) is 0 Å². The van der Waals surface area contributed by atoms with Gasteiger partial charge in [-0.1, -0.05) is 0 Å². The first-order chi connectivity index (χ1) is 16.3. The molecule has 3 heterocycles. The first-order valence-electron chi connectivity index (χ1n) is 10.8. The summed E-state index contributed by atoms with van der Waals surface area (Å²) in [5.74, 6) is -0.825. The lowest BCUT2D eigenvalue weighted by Gasteiger charge is -2.31. The van der Waals surface area contributed by atoms with E-state index in [1.807, 2.05) is 0 Å². The highest BCUT2D eigenvalue weighted by Gasteiger charge is 2.34. The predicted molar refractivity (Wildman–Crippen MR) is 117 cm³/mol. The Hall–Kier alpha value is -3.76. The third-order valence-electron chi connectivity index (χ3n) is 5.97. The summed E-state index contributed by atoms with van der Waals surface area (Å²) in [6, 6.07) is 7.39. The van der Waals surface area contributed by atoms with E-state index in [1.165, 1.54) is 23.0 Å². The Kier molecular flexibility index (Phi) is 5.54. The van der Waals surface area contributed by atoms with Crippen LogP contribution >= 0.6 is 0 Å². The molecule has 5 rings (SSSR count). The molecule has 7 nitrogen and oxygen atoms in total. The summed E-state index contributed by atoms with van der Waals surface area (Å²) >= 11 is 0. The Morgan fingerprint density at radius 3 is 2.74 bits per heavy atom. The molecule has 1 amide bonds. The number of anilines is 1. The Morgan fingerprint density at radius 1 is 1.09 bits per heavy atom. The van der Waals surface area contributed by atoms with Gasteiger partial charge in [-0.05, 0) is 62.1 Å². The second-order valence-corrected chi connectivity index (χ2v) is 8.37. The average Bonchev–Trinajstić information content (AvgIpc) is 3.27. The molecule has 1 aliphatic rings. The summed E-state index contributed by atoms with van der Waals surface area (Å²) in [7, 11) is 0. The number of benzene rings is 1. The topological polar surface area (TPSA) is 84.2 Å². The van der Waals surface area contributed by atoms with Crippen molar-refractivity contribution < 1.29 is 22.4 Å². The second-order valence-electron chi connectivity index (χ2n) is 8.37. The zero-order valence-corrected chi connectivity index (χ0v) is 17.8. The predicted octanol–water partition coefficient (Wildman–Crippen LogP) is 4.59. The van der Waals surface area contributed by atoms with Crippen molar-refractivity contribution >= 4 is 28.1 Å². The fourth-order valence-electron chi connectivity index (χ4n) is 4.35. The zero-order valence-electron chi connectivity index (χ0n) is 17.8. The summed E-state index contributed by atoms with van der Waals surface area (Å²) in [4.78, 5) is 20.4. The van der Waals surface area contributed by atoms with Crippen LogP contribution in [-0.2, 0) is 6.18 Å². The van der Waals surface area contributed by atoms with E-state index in [0.29, 0.717) is 24.1 Å². The number of carbonyl (C=O) groups is 1. The maximum atomic E-state index is 13.8. The van der Waals surface area contributed by atoms with Gasteiger partial charge in [-0.3, -0.25) is 4.79 Å². The van der Waals surface area contributed by atoms with E-state index in [1.54, 1.807) is 18.3 Å². The number of amides is 1. The summed E-state index contributed by atoms with van der Waals surface area (Å²) in [5, 5.41) is 10.4. The van der Waals surface area contributed by atoms with Crippen LogP contribution in [0.1, 0.15) is 41.7 Å². The van der Waals surface area contributed by atoms with Gasteiger partial charge in [0.1, 0.15) is 17.8 Å². The van der Waals surface area contributed by atoms with Gasteiger partial charge in [0, 0.05) is 29.4 Å². The minimum Gasteiger partial charge on any atom is -0.382 e. The van der Waals surface area contributed by atoms with Crippen LogP contribution in [0.2, 0.25) is 0 Å². The molecule has 0 bridgehead atoms. The smallest absolute Gasteiger partial charge is 0.382 e. The van der Waals surface area contributed by atoms with E-state index in [0.717, 1.165) is 25.0 Å². The number of halogens is 4. The van der Waals surface area contributed by atoms with Crippen LogP contribution < -0.4 is 10.6 Å². The quantitative estimate of drug-likeness (QED) is 0.425. The Bertz CT molecular complexity index is 1370. The molecule has 2 N–H and O–H groups in total. The molecule has 0 radical (unpaired) electrons.